The highest BCUT2D eigenvalue weighted by Crippen LogP contribution is 2.26. The highest BCUT2D eigenvalue weighted by Gasteiger charge is 2.13. The zero-order chi connectivity index (χ0) is 21.1. The van der Waals surface area contributed by atoms with E-state index in [0.29, 0.717) is 12.1 Å². The lowest BCUT2D eigenvalue weighted by atomic mass is 10.0. The van der Waals surface area contributed by atoms with Gasteiger partial charge in [0.1, 0.15) is 11.5 Å². The van der Waals surface area contributed by atoms with E-state index in [1.54, 1.807) is 6.07 Å². The number of amides is 1. The molecule has 1 amide bonds. The molecule has 0 aliphatic carbocycles. The van der Waals surface area contributed by atoms with Crippen molar-refractivity contribution in [3.05, 3.63) is 93.1 Å². The molecule has 0 unspecified atom stereocenters. The van der Waals surface area contributed by atoms with E-state index in [4.69, 9.17) is 16.6 Å². The van der Waals surface area contributed by atoms with E-state index in [1.807, 2.05) is 66.7 Å². The van der Waals surface area contributed by atoms with Crippen molar-refractivity contribution in [2.24, 2.45) is 0 Å². The van der Waals surface area contributed by atoms with E-state index in [1.165, 1.54) is 0 Å². The number of rotatable bonds is 4. The van der Waals surface area contributed by atoms with Crippen LogP contribution < -0.4 is 10.6 Å². The van der Waals surface area contributed by atoms with E-state index >= 15 is 0 Å². The number of carbonyl (C=O) groups excluding carboxylic acids is 1. The number of furan rings is 1. The van der Waals surface area contributed by atoms with Gasteiger partial charge in [-0.3, -0.25) is 10.1 Å². The van der Waals surface area contributed by atoms with E-state index in [9.17, 15) is 4.79 Å². The molecule has 4 rings (SSSR count). The smallest absolute Gasteiger partial charge is 0.258 e. The predicted molar refractivity (Wildman–Crippen MR) is 130 cm³/mol. The molecule has 4 aromatic rings. The molecule has 4 nitrogen and oxygen atoms in total. The SMILES string of the molecule is O=C(NC(=S)NCc1ccc(-c2ccc(Br)cc2)o1)c1cccc2c(Br)cccc12. The number of benzene rings is 3. The predicted octanol–water partition coefficient (Wildman–Crippen LogP) is 6.43. The molecule has 3 aromatic carbocycles. The van der Waals surface area contributed by atoms with Crippen molar-refractivity contribution in [1.29, 1.82) is 0 Å². The van der Waals surface area contributed by atoms with Crippen molar-refractivity contribution >= 4 is 65.9 Å². The maximum atomic E-state index is 12.7. The lowest BCUT2D eigenvalue weighted by Gasteiger charge is -2.11. The first-order chi connectivity index (χ1) is 14.5. The molecule has 150 valence electrons. The first-order valence-corrected chi connectivity index (χ1v) is 11.1. The van der Waals surface area contributed by atoms with Gasteiger partial charge < -0.3 is 9.73 Å². The normalized spacial score (nSPS) is 10.7. The summed E-state index contributed by atoms with van der Waals surface area (Å²) >= 11 is 12.2. The van der Waals surface area contributed by atoms with Crippen LogP contribution in [-0.4, -0.2) is 11.0 Å². The van der Waals surface area contributed by atoms with Crippen LogP contribution in [-0.2, 0) is 6.54 Å². The Morgan fingerprint density at radius 3 is 2.43 bits per heavy atom. The van der Waals surface area contributed by atoms with Crippen LogP contribution in [0.5, 0.6) is 0 Å². The summed E-state index contributed by atoms with van der Waals surface area (Å²) in [7, 11) is 0. The molecule has 0 saturated carbocycles. The third kappa shape index (κ3) is 4.64. The number of thiocarbonyl (C=S) groups is 1. The monoisotopic (exact) mass is 542 g/mol. The second kappa shape index (κ2) is 9.12. The summed E-state index contributed by atoms with van der Waals surface area (Å²) in [6.45, 7) is 0.372. The molecule has 0 fully saturated rings. The van der Waals surface area contributed by atoms with Gasteiger partial charge in [0.15, 0.2) is 5.11 Å². The molecule has 30 heavy (non-hydrogen) atoms. The summed E-state index contributed by atoms with van der Waals surface area (Å²) in [6, 6.07) is 23.0. The third-order valence-corrected chi connectivity index (χ3v) is 6.02. The van der Waals surface area contributed by atoms with Gasteiger partial charge in [0.05, 0.1) is 6.54 Å². The molecule has 0 radical (unpaired) electrons. The minimum Gasteiger partial charge on any atom is -0.459 e. The van der Waals surface area contributed by atoms with Gasteiger partial charge in [-0.15, -0.1) is 0 Å². The first kappa shape index (κ1) is 20.8. The van der Waals surface area contributed by atoms with E-state index < -0.39 is 0 Å². The number of fused-ring (bicyclic) bond motifs is 1. The lowest BCUT2D eigenvalue weighted by Crippen LogP contribution is -2.38. The van der Waals surface area contributed by atoms with Crippen molar-refractivity contribution in [1.82, 2.24) is 10.6 Å². The fourth-order valence-corrected chi connectivity index (χ4v) is 4.02. The molecular weight excluding hydrogens is 528 g/mol. The Morgan fingerprint density at radius 2 is 1.63 bits per heavy atom. The fourth-order valence-electron chi connectivity index (χ4n) is 3.09. The van der Waals surface area contributed by atoms with Crippen LogP contribution in [0.15, 0.2) is 86.2 Å². The van der Waals surface area contributed by atoms with Crippen LogP contribution >= 0.6 is 44.1 Å². The average molecular weight is 544 g/mol. The molecule has 0 atom stereocenters. The third-order valence-electron chi connectivity index (χ3n) is 4.55. The maximum Gasteiger partial charge on any atom is 0.258 e. The number of hydrogen-bond acceptors (Lipinski definition) is 3. The standard InChI is InChI=1S/C23H16Br2N2O2S/c24-15-9-7-14(8-10-15)21-12-11-16(29-21)13-26-23(30)27-22(28)19-5-1-4-18-17(19)3-2-6-20(18)25/h1-12H,13H2,(H2,26,27,28,30). The molecule has 1 heterocycles. The molecule has 0 saturated heterocycles. The summed E-state index contributed by atoms with van der Waals surface area (Å²) < 4.78 is 7.82. The van der Waals surface area contributed by atoms with Crippen LogP contribution in [0, 0.1) is 0 Å². The van der Waals surface area contributed by atoms with Crippen molar-refractivity contribution in [3.63, 3.8) is 0 Å². The molecule has 1 aromatic heterocycles. The van der Waals surface area contributed by atoms with Gasteiger partial charge in [0.2, 0.25) is 0 Å². The van der Waals surface area contributed by atoms with Crippen LogP contribution in [0.25, 0.3) is 22.1 Å². The summed E-state index contributed by atoms with van der Waals surface area (Å²) in [4.78, 5) is 12.7. The maximum absolute atomic E-state index is 12.7. The fraction of sp³-hybridized carbons (Fsp3) is 0.0435. The summed E-state index contributed by atoms with van der Waals surface area (Å²) in [5, 5.41) is 7.84. The Hall–Kier alpha value is -2.48. The van der Waals surface area contributed by atoms with Crippen molar-refractivity contribution in [2.45, 2.75) is 6.54 Å². The largest absolute Gasteiger partial charge is 0.459 e. The van der Waals surface area contributed by atoms with E-state index in [-0.39, 0.29) is 11.0 Å². The number of hydrogen-bond donors (Lipinski definition) is 2. The molecule has 0 spiro atoms. The summed E-state index contributed by atoms with van der Waals surface area (Å²) in [5.74, 6) is 1.24. The number of nitrogens with one attached hydrogen (secondary N) is 2. The van der Waals surface area contributed by atoms with Gasteiger partial charge in [-0.1, -0.05) is 68.3 Å². The average Bonchev–Trinajstić information content (AvgIpc) is 3.22. The van der Waals surface area contributed by atoms with Crippen LogP contribution in [0.4, 0.5) is 0 Å². The van der Waals surface area contributed by atoms with Crippen LogP contribution in [0.3, 0.4) is 0 Å². The minimum absolute atomic E-state index is 0.244. The van der Waals surface area contributed by atoms with Gasteiger partial charge in [-0.25, -0.2) is 0 Å². The molecule has 2 N–H and O–H groups in total. The van der Waals surface area contributed by atoms with Crippen molar-refractivity contribution < 1.29 is 9.21 Å². The Labute approximate surface area is 195 Å². The van der Waals surface area contributed by atoms with E-state index in [0.717, 1.165) is 36.8 Å². The topological polar surface area (TPSA) is 54.3 Å². The molecule has 0 aliphatic rings. The summed E-state index contributed by atoms with van der Waals surface area (Å²) in [5.41, 5.74) is 1.55. The first-order valence-electron chi connectivity index (χ1n) is 9.12. The quantitative estimate of drug-likeness (QED) is 0.291. The Bertz CT molecular complexity index is 1240. The van der Waals surface area contributed by atoms with Gasteiger partial charge in [-0.05, 0) is 59.4 Å². The minimum atomic E-state index is -0.258. The second-order valence-electron chi connectivity index (χ2n) is 6.55. The molecular formula is C23H16Br2N2O2S. The van der Waals surface area contributed by atoms with Crippen LogP contribution in [0.1, 0.15) is 16.1 Å². The highest BCUT2D eigenvalue weighted by molar-refractivity contribution is 9.11. The van der Waals surface area contributed by atoms with Gasteiger partial charge in [0, 0.05) is 20.1 Å². The Morgan fingerprint density at radius 1 is 0.900 bits per heavy atom. The number of carbonyl (C=O) groups is 1. The van der Waals surface area contributed by atoms with Gasteiger partial charge in [0.25, 0.3) is 5.91 Å². The van der Waals surface area contributed by atoms with Gasteiger partial charge in [-0.2, -0.15) is 0 Å². The van der Waals surface area contributed by atoms with Crippen molar-refractivity contribution in [2.75, 3.05) is 0 Å². The Balaban J connectivity index is 1.39. The number of halogens is 2. The second-order valence-corrected chi connectivity index (χ2v) is 8.73. The van der Waals surface area contributed by atoms with Crippen LogP contribution in [0.2, 0.25) is 0 Å². The zero-order valence-electron chi connectivity index (χ0n) is 15.6. The molecule has 0 bridgehead atoms. The van der Waals surface area contributed by atoms with E-state index in [2.05, 4.69) is 42.5 Å². The summed E-state index contributed by atoms with van der Waals surface area (Å²) in [6.07, 6.45) is 0. The molecule has 0 aliphatic heterocycles. The van der Waals surface area contributed by atoms with Crippen molar-refractivity contribution in [3.8, 4) is 11.3 Å². The zero-order valence-corrected chi connectivity index (χ0v) is 19.6. The molecule has 7 heteroatoms. The highest BCUT2D eigenvalue weighted by atomic mass is 79.9. The van der Waals surface area contributed by atoms with Gasteiger partial charge >= 0.3 is 0 Å². The Kier molecular flexibility index (Phi) is 6.32. The lowest BCUT2D eigenvalue weighted by molar-refractivity contribution is 0.0978.